The number of aliphatic hydroxyl groups excluding tert-OH is 1. The van der Waals surface area contributed by atoms with Crippen LogP contribution in [0, 0.1) is 0 Å². The first kappa shape index (κ1) is 12.3. The monoisotopic (exact) mass is 206 g/mol. The Bertz CT molecular complexity index is 300. The van der Waals surface area contributed by atoms with E-state index in [1.807, 2.05) is 0 Å². The van der Waals surface area contributed by atoms with E-state index in [0.717, 1.165) is 0 Å². The van der Waals surface area contributed by atoms with Crippen LogP contribution in [0.15, 0.2) is 23.8 Å². The van der Waals surface area contributed by atoms with Crippen LogP contribution in [0.3, 0.4) is 0 Å². The maximum absolute atomic E-state index is 10.4. The van der Waals surface area contributed by atoms with Crippen molar-refractivity contribution in [2.45, 2.75) is 20.0 Å². The second-order valence-corrected chi connectivity index (χ2v) is 4.05. The van der Waals surface area contributed by atoms with Crippen molar-refractivity contribution in [2.75, 3.05) is 5.75 Å². The molecule has 0 bridgehead atoms. The van der Waals surface area contributed by atoms with E-state index in [1.54, 1.807) is 32.1 Å². The topological polar surface area (TPSA) is 74.6 Å². The van der Waals surface area contributed by atoms with Crippen molar-refractivity contribution in [2.24, 2.45) is 0 Å². The Morgan fingerprint density at radius 3 is 2.31 bits per heavy atom. The molecule has 0 aromatic heterocycles. The van der Waals surface area contributed by atoms with Gasteiger partial charge in [0.25, 0.3) is 10.1 Å². The van der Waals surface area contributed by atoms with Crippen molar-refractivity contribution in [3.05, 3.63) is 23.8 Å². The number of allylic oxidation sites excluding steroid dienone is 2. The molecule has 0 aliphatic heterocycles. The number of aliphatic hydroxyl groups is 1. The molecule has 0 saturated heterocycles. The van der Waals surface area contributed by atoms with Crippen LogP contribution in [-0.4, -0.2) is 29.9 Å². The fourth-order valence-electron chi connectivity index (χ4n) is 0.888. The summed E-state index contributed by atoms with van der Waals surface area (Å²) in [6.45, 7) is 3.44. The average Bonchev–Trinajstić information content (AvgIpc) is 1.96. The van der Waals surface area contributed by atoms with Gasteiger partial charge in [0, 0.05) is 0 Å². The minimum Gasteiger partial charge on any atom is -0.387 e. The van der Waals surface area contributed by atoms with Crippen molar-refractivity contribution in [1.29, 1.82) is 0 Å². The summed E-state index contributed by atoms with van der Waals surface area (Å²) in [6.07, 6.45) is 3.70. The lowest BCUT2D eigenvalue weighted by atomic mass is 10.1. The van der Waals surface area contributed by atoms with Crippen LogP contribution in [-0.2, 0) is 10.1 Å². The molecule has 0 fully saturated rings. The molecule has 0 radical (unpaired) electrons. The van der Waals surface area contributed by atoms with E-state index in [4.69, 9.17) is 4.55 Å². The average molecular weight is 206 g/mol. The Morgan fingerprint density at radius 1 is 1.46 bits per heavy atom. The molecule has 0 amide bonds. The summed E-state index contributed by atoms with van der Waals surface area (Å²) in [5.41, 5.74) is 0.472. The lowest BCUT2D eigenvalue weighted by Gasteiger charge is -2.08. The molecule has 13 heavy (non-hydrogen) atoms. The molecule has 1 unspecified atom stereocenters. The summed E-state index contributed by atoms with van der Waals surface area (Å²) >= 11 is 0. The summed E-state index contributed by atoms with van der Waals surface area (Å²) in [5, 5.41) is 9.32. The van der Waals surface area contributed by atoms with Gasteiger partial charge in [0.1, 0.15) is 5.75 Å². The second-order valence-electron chi connectivity index (χ2n) is 2.55. The van der Waals surface area contributed by atoms with Gasteiger partial charge in [-0.3, -0.25) is 4.55 Å². The molecule has 0 heterocycles. The highest BCUT2D eigenvalue weighted by molar-refractivity contribution is 7.85. The minimum absolute atomic E-state index is 0.472. The Balaban J connectivity index is 4.50. The van der Waals surface area contributed by atoms with Gasteiger partial charge in [0.05, 0.1) is 6.10 Å². The van der Waals surface area contributed by atoms with Crippen LogP contribution in [0.5, 0.6) is 0 Å². The van der Waals surface area contributed by atoms with E-state index >= 15 is 0 Å². The largest absolute Gasteiger partial charge is 0.387 e. The van der Waals surface area contributed by atoms with Crippen LogP contribution in [0.4, 0.5) is 0 Å². The van der Waals surface area contributed by atoms with Crippen molar-refractivity contribution < 1.29 is 18.1 Å². The molecule has 2 N–H and O–H groups in total. The van der Waals surface area contributed by atoms with Crippen LogP contribution in [0.25, 0.3) is 0 Å². The lowest BCUT2D eigenvalue weighted by Crippen LogP contribution is -2.21. The van der Waals surface area contributed by atoms with E-state index in [-0.39, 0.29) is 0 Å². The third-order valence-electron chi connectivity index (χ3n) is 1.45. The molecule has 0 aromatic carbocycles. The van der Waals surface area contributed by atoms with Crippen molar-refractivity contribution >= 4 is 10.1 Å². The predicted molar refractivity (Wildman–Crippen MR) is 51.0 cm³/mol. The molecular weight excluding hydrogens is 192 g/mol. The first-order valence-electron chi connectivity index (χ1n) is 3.83. The molecule has 0 spiro atoms. The maximum Gasteiger partial charge on any atom is 0.267 e. The van der Waals surface area contributed by atoms with Crippen LogP contribution in [0.1, 0.15) is 13.8 Å². The highest BCUT2D eigenvalue weighted by atomic mass is 32.2. The van der Waals surface area contributed by atoms with Gasteiger partial charge in [0.2, 0.25) is 0 Å². The first-order valence-corrected chi connectivity index (χ1v) is 5.43. The summed E-state index contributed by atoms with van der Waals surface area (Å²) < 4.78 is 29.3. The third-order valence-corrected chi connectivity index (χ3v) is 2.18. The Hall–Kier alpha value is -0.650. The molecule has 5 heteroatoms. The van der Waals surface area contributed by atoms with Crippen LogP contribution >= 0.6 is 0 Å². The minimum atomic E-state index is -4.12. The standard InChI is InChI=1S/C8H14O4S/c1-3-5-7(4-2)8(9)6-13(10,11)12/h3-5,8-9H,6H2,1-2H3,(H,10,11,12). The van der Waals surface area contributed by atoms with E-state index in [0.29, 0.717) is 5.57 Å². The van der Waals surface area contributed by atoms with Gasteiger partial charge in [-0.25, -0.2) is 0 Å². The van der Waals surface area contributed by atoms with Gasteiger partial charge in [-0.1, -0.05) is 18.2 Å². The molecule has 4 nitrogen and oxygen atoms in total. The smallest absolute Gasteiger partial charge is 0.267 e. The molecule has 0 aliphatic rings. The van der Waals surface area contributed by atoms with Gasteiger partial charge in [-0.05, 0) is 19.4 Å². The zero-order valence-corrected chi connectivity index (χ0v) is 8.45. The quantitative estimate of drug-likeness (QED) is 0.526. The van der Waals surface area contributed by atoms with Gasteiger partial charge in [-0.15, -0.1) is 0 Å². The van der Waals surface area contributed by atoms with Gasteiger partial charge >= 0.3 is 0 Å². The number of rotatable bonds is 4. The predicted octanol–water partition coefficient (Wildman–Crippen LogP) is 0.758. The highest BCUT2D eigenvalue weighted by Gasteiger charge is 2.15. The zero-order chi connectivity index (χ0) is 10.5. The lowest BCUT2D eigenvalue weighted by molar-refractivity contribution is 0.234. The number of hydrogen-bond acceptors (Lipinski definition) is 3. The van der Waals surface area contributed by atoms with Crippen molar-refractivity contribution in [3.63, 3.8) is 0 Å². The molecule has 0 aromatic rings. The molecule has 0 saturated carbocycles. The summed E-state index contributed by atoms with van der Waals surface area (Å²) in [4.78, 5) is 0. The van der Waals surface area contributed by atoms with Crippen LogP contribution < -0.4 is 0 Å². The maximum atomic E-state index is 10.4. The Kier molecular flexibility index (Phi) is 4.90. The molecule has 0 aliphatic carbocycles. The Morgan fingerprint density at radius 2 is 2.00 bits per heavy atom. The Labute approximate surface area is 78.3 Å². The summed E-state index contributed by atoms with van der Waals surface area (Å²) in [5.74, 6) is -0.670. The van der Waals surface area contributed by atoms with Crippen LogP contribution in [0.2, 0.25) is 0 Å². The molecule has 1 atom stereocenters. The third kappa shape index (κ3) is 5.57. The van der Waals surface area contributed by atoms with E-state index in [1.165, 1.54) is 0 Å². The van der Waals surface area contributed by atoms with E-state index in [2.05, 4.69) is 0 Å². The zero-order valence-electron chi connectivity index (χ0n) is 7.64. The SMILES string of the molecule is CC=CC(=CC)C(O)CS(=O)(=O)O. The first-order chi connectivity index (χ1) is 5.90. The highest BCUT2D eigenvalue weighted by Crippen LogP contribution is 2.06. The van der Waals surface area contributed by atoms with Gasteiger partial charge < -0.3 is 5.11 Å². The van der Waals surface area contributed by atoms with Gasteiger partial charge in [0.15, 0.2) is 0 Å². The molecular formula is C8H14O4S. The molecule has 76 valence electrons. The van der Waals surface area contributed by atoms with Crippen molar-refractivity contribution in [3.8, 4) is 0 Å². The fraction of sp³-hybridized carbons (Fsp3) is 0.500. The number of hydrogen-bond donors (Lipinski definition) is 2. The van der Waals surface area contributed by atoms with Crippen molar-refractivity contribution in [1.82, 2.24) is 0 Å². The summed E-state index contributed by atoms with van der Waals surface area (Å²) in [7, 11) is -4.12. The normalized spacial score (nSPS) is 16.5. The van der Waals surface area contributed by atoms with E-state index < -0.39 is 22.0 Å². The second kappa shape index (κ2) is 5.16. The van der Waals surface area contributed by atoms with E-state index in [9.17, 15) is 13.5 Å². The molecule has 0 rings (SSSR count). The summed E-state index contributed by atoms with van der Waals surface area (Å²) in [6, 6.07) is 0. The van der Waals surface area contributed by atoms with Gasteiger partial charge in [-0.2, -0.15) is 8.42 Å². The fourth-order valence-corrected chi connectivity index (χ4v) is 1.48.